The Labute approximate surface area is 90.6 Å². The summed E-state index contributed by atoms with van der Waals surface area (Å²) < 4.78 is 1.85. The Morgan fingerprint density at radius 3 is 2.87 bits per heavy atom. The molecule has 0 unspecified atom stereocenters. The molecule has 0 fully saturated rings. The molecule has 5 nitrogen and oxygen atoms in total. The highest BCUT2D eigenvalue weighted by atomic mass is 15.3. The number of aromatic nitrogens is 2. The van der Waals surface area contributed by atoms with E-state index < -0.39 is 0 Å². The highest BCUT2D eigenvalue weighted by molar-refractivity contribution is 5.79. The van der Waals surface area contributed by atoms with Gasteiger partial charge >= 0.3 is 0 Å². The second kappa shape index (κ2) is 5.38. The molecule has 0 bridgehead atoms. The number of guanidine groups is 1. The third-order valence-corrected chi connectivity index (χ3v) is 2.23. The van der Waals surface area contributed by atoms with Gasteiger partial charge in [-0.3, -0.25) is 9.67 Å². The molecule has 1 rings (SSSR count). The summed E-state index contributed by atoms with van der Waals surface area (Å²) in [6.07, 6.45) is 2.99. The maximum atomic E-state index is 4.38. The Bertz CT molecular complexity index is 340. The van der Waals surface area contributed by atoms with Gasteiger partial charge in [0.25, 0.3) is 0 Å². The minimum Gasteiger partial charge on any atom is -0.359 e. The van der Waals surface area contributed by atoms with Gasteiger partial charge in [-0.2, -0.15) is 5.10 Å². The van der Waals surface area contributed by atoms with E-state index in [0.29, 0.717) is 0 Å². The summed E-state index contributed by atoms with van der Waals surface area (Å²) in [5.74, 6) is 0.793. The maximum Gasteiger partial charge on any atom is 0.190 e. The Morgan fingerprint density at radius 1 is 1.60 bits per heavy atom. The molecule has 1 aromatic rings. The fraction of sp³-hybridized carbons (Fsp3) is 0.600. The lowest BCUT2D eigenvalue weighted by molar-refractivity contribution is 0.746. The second-order valence-electron chi connectivity index (χ2n) is 3.30. The summed E-state index contributed by atoms with van der Waals surface area (Å²) in [6.45, 7) is 2.86. The molecule has 0 aromatic carbocycles. The molecule has 0 spiro atoms. The number of nitrogens with one attached hydrogen (secondary N) is 2. The van der Waals surface area contributed by atoms with Crippen molar-refractivity contribution in [2.45, 2.75) is 19.9 Å². The first kappa shape index (κ1) is 11.6. The monoisotopic (exact) mass is 209 g/mol. The number of hydrogen-bond donors (Lipinski definition) is 2. The minimum absolute atomic E-state index is 0.754. The highest BCUT2D eigenvalue weighted by Crippen LogP contribution is 2.06. The van der Waals surface area contributed by atoms with Crippen LogP contribution in [0, 0.1) is 0 Å². The van der Waals surface area contributed by atoms with Crippen molar-refractivity contribution < 1.29 is 0 Å². The van der Waals surface area contributed by atoms with Crippen LogP contribution < -0.4 is 10.6 Å². The van der Waals surface area contributed by atoms with Crippen LogP contribution in [0.4, 0.5) is 0 Å². The van der Waals surface area contributed by atoms with Gasteiger partial charge < -0.3 is 10.6 Å². The molecule has 1 aromatic heterocycles. The second-order valence-corrected chi connectivity index (χ2v) is 3.30. The lowest BCUT2D eigenvalue weighted by Crippen LogP contribution is -2.34. The topological polar surface area (TPSA) is 54.2 Å². The molecule has 0 saturated carbocycles. The summed E-state index contributed by atoms with van der Waals surface area (Å²) in [5, 5.41) is 10.6. The molecule has 0 aliphatic carbocycles. The SMILES string of the molecule is CCc1nn(C)cc1CNC(=NC)NC. The van der Waals surface area contributed by atoms with Gasteiger partial charge in [0, 0.05) is 39.4 Å². The molecule has 0 saturated heterocycles. The molecule has 0 atom stereocenters. The zero-order chi connectivity index (χ0) is 11.3. The van der Waals surface area contributed by atoms with Crippen LogP contribution in [0.2, 0.25) is 0 Å². The van der Waals surface area contributed by atoms with Gasteiger partial charge in [0.15, 0.2) is 5.96 Å². The van der Waals surface area contributed by atoms with Crippen molar-refractivity contribution in [1.29, 1.82) is 0 Å². The van der Waals surface area contributed by atoms with Gasteiger partial charge in [-0.1, -0.05) is 6.92 Å². The summed E-state index contributed by atoms with van der Waals surface area (Å²) >= 11 is 0. The molecule has 0 radical (unpaired) electrons. The zero-order valence-electron chi connectivity index (χ0n) is 9.83. The summed E-state index contributed by atoms with van der Waals surface area (Å²) in [4.78, 5) is 4.05. The van der Waals surface area contributed by atoms with Crippen LogP contribution in [0.5, 0.6) is 0 Å². The molecular weight excluding hydrogens is 190 g/mol. The Kier molecular flexibility index (Phi) is 4.15. The molecule has 5 heteroatoms. The van der Waals surface area contributed by atoms with E-state index >= 15 is 0 Å². The highest BCUT2D eigenvalue weighted by Gasteiger charge is 2.05. The predicted octanol–water partition coefficient (Wildman–Crippen LogP) is 0.277. The molecule has 0 aliphatic rings. The zero-order valence-corrected chi connectivity index (χ0v) is 9.83. The number of nitrogens with zero attached hydrogens (tertiary/aromatic N) is 3. The van der Waals surface area contributed by atoms with Gasteiger partial charge in [0.2, 0.25) is 0 Å². The first-order valence-electron chi connectivity index (χ1n) is 5.11. The van der Waals surface area contributed by atoms with Gasteiger partial charge in [-0.15, -0.1) is 0 Å². The Balaban J connectivity index is 2.64. The van der Waals surface area contributed by atoms with Crippen molar-refractivity contribution in [3.8, 4) is 0 Å². The molecular formula is C10H19N5. The van der Waals surface area contributed by atoms with E-state index in [4.69, 9.17) is 0 Å². The van der Waals surface area contributed by atoms with Crippen molar-refractivity contribution in [1.82, 2.24) is 20.4 Å². The Morgan fingerprint density at radius 2 is 2.33 bits per heavy atom. The first-order chi connectivity index (χ1) is 7.21. The number of aryl methyl sites for hydroxylation is 2. The summed E-state index contributed by atoms with van der Waals surface area (Å²) in [6, 6.07) is 0. The summed E-state index contributed by atoms with van der Waals surface area (Å²) in [7, 11) is 5.54. The van der Waals surface area contributed by atoms with Gasteiger partial charge in [0.1, 0.15) is 0 Å². The standard InChI is InChI=1S/C10H19N5/c1-5-9-8(7-15(4)14-9)6-13-10(11-2)12-3/h7H,5-6H2,1-4H3,(H2,11,12,13). The van der Waals surface area contributed by atoms with Gasteiger partial charge in [-0.25, -0.2) is 0 Å². The van der Waals surface area contributed by atoms with Crippen LogP contribution in [-0.2, 0) is 20.0 Å². The smallest absolute Gasteiger partial charge is 0.190 e. The molecule has 1 heterocycles. The van der Waals surface area contributed by atoms with Crippen molar-refractivity contribution in [2.24, 2.45) is 12.0 Å². The quantitative estimate of drug-likeness (QED) is 0.555. The average molecular weight is 209 g/mol. The molecule has 0 amide bonds. The van der Waals surface area contributed by atoms with Crippen molar-refractivity contribution >= 4 is 5.96 Å². The molecule has 0 aliphatic heterocycles. The van der Waals surface area contributed by atoms with Gasteiger partial charge in [0.05, 0.1) is 5.69 Å². The van der Waals surface area contributed by atoms with Crippen LogP contribution in [-0.4, -0.2) is 29.8 Å². The van der Waals surface area contributed by atoms with E-state index in [9.17, 15) is 0 Å². The lowest BCUT2D eigenvalue weighted by atomic mass is 10.2. The normalized spacial score (nSPS) is 11.6. The maximum absolute atomic E-state index is 4.38. The first-order valence-corrected chi connectivity index (χ1v) is 5.11. The summed E-state index contributed by atoms with van der Waals surface area (Å²) in [5.41, 5.74) is 2.35. The molecule has 2 N–H and O–H groups in total. The fourth-order valence-corrected chi connectivity index (χ4v) is 1.49. The van der Waals surface area contributed by atoms with Crippen LogP contribution >= 0.6 is 0 Å². The van der Waals surface area contributed by atoms with Gasteiger partial charge in [-0.05, 0) is 6.42 Å². The van der Waals surface area contributed by atoms with E-state index in [1.165, 1.54) is 5.56 Å². The third kappa shape index (κ3) is 2.97. The van der Waals surface area contributed by atoms with Crippen LogP contribution in [0.1, 0.15) is 18.2 Å². The average Bonchev–Trinajstić information content (AvgIpc) is 2.60. The van der Waals surface area contributed by atoms with E-state index in [2.05, 4.69) is 27.6 Å². The van der Waals surface area contributed by atoms with E-state index in [1.807, 2.05) is 25.0 Å². The van der Waals surface area contributed by atoms with Crippen LogP contribution in [0.3, 0.4) is 0 Å². The predicted molar refractivity (Wildman–Crippen MR) is 61.8 cm³/mol. The Hall–Kier alpha value is -1.52. The third-order valence-electron chi connectivity index (χ3n) is 2.23. The number of hydrogen-bond acceptors (Lipinski definition) is 2. The number of aliphatic imine (C=N–C) groups is 1. The molecule has 15 heavy (non-hydrogen) atoms. The van der Waals surface area contributed by atoms with E-state index in [0.717, 1.165) is 24.6 Å². The van der Waals surface area contributed by atoms with Crippen molar-refractivity contribution in [3.05, 3.63) is 17.5 Å². The van der Waals surface area contributed by atoms with Crippen LogP contribution in [0.25, 0.3) is 0 Å². The molecule has 84 valence electrons. The van der Waals surface area contributed by atoms with Crippen LogP contribution in [0.15, 0.2) is 11.2 Å². The minimum atomic E-state index is 0.754. The van der Waals surface area contributed by atoms with E-state index in [-0.39, 0.29) is 0 Å². The number of rotatable bonds is 3. The largest absolute Gasteiger partial charge is 0.359 e. The fourth-order valence-electron chi connectivity index (χ4n) is 1.49. The van der Waals surface area contributed by atoms with Crippen molar-refractivity contribution in [3.63, 3.8) is 0 Å². The van der Waals surface area contributed by atoms with Crippen molar-refractivity contribution in [2.75, 3.05) is 14.1 Å². The lowest BCUT2D eigenvalue weighted by Gasteiger charge is -2.07. The van der Waals surface area contributed by atoms with E-state index in [1.54, 1.807) is 7.05 Å².